The molecular formula is C22H27N5O3S2. The normalized spacial score (nSPS) is 23.5. The molecule has 2 unspecified atom stereocenters. The third-order valence-electron chi connectivity index (χ3n) is 6.08. The van der Waals surface area contributed by atoms with Crippen LogP contribution in [0.15, 0.2) is 52.6 Å². The predicted molar refractivity (Wildman–Crippen MR) is 128 cm³/mol. The third-order valence-corrected chi connectivity index (χ3v) is 9.05. The molecule has 2 atom stereocenters. The Morgan fingerprint density at radius 2 is 2.06 bits per heavy atom. The van der Waals surface area contributed by atoms with Gasteiger partial charge in [0.25, 0.3) is 10.0 Å². The number of nitrogens with one attached hydrogen (secondary N) is 1. The van der Waals surface area contributed by atoms with Crippen molar-refractivity contribution in [3.8, 4) is 0 Å². The average Bonchev–Trinajstić information content (AvgIpc) is 3.46. The summed E-state index contributed by atoms with van der Waals surface area (Å²) >= 11 is 1.85. The first-order valence-electron chi connectivity index (χ1n) is 10.8. The number of hydrogen-bond donors (Lipinski definition) is 1. The van der Waals surface area contributed by atoms with Gasteiger partial charge in [-0.05, 0) is 23.8 Å². The fourth-order valence-electron chi connectivity index (χ4n) is 4.35. The van der Waals surface area contributed by atoms with Crippen LogP contribution in [0, 0.1) is 0 Å². The fourth-order valence-corrected chi connectivity index (χ4v) is 6.71. The number of benzene rings is 1. The van der Waals surface area contributed by atoms with E-state index < -0.39 is 10.0 Å². The summed E-state index contributed by atoms with van der Waals surface area (Å²) in [5, 5.41) is 5.17. The number of thioether (sulfide) groups is 1. The molecule has 0 bridgehead atoms. The van der Waals surface area contributed by atoms with E-state index in [0.717, 1.165) is 62.1 Å². The van der Waals surface area contributed by atoms with Gasteiger partial charge in [0.2, 0.25) is 0 Å². The second kappa shape index (κ2) is 9.01. The lowest BCUT2D eigenvalue weighted by Gasteiger charge is -2.28. The van der Waals surface area contributed by atoms with Gasteiger partial charge in [-0.1, -0.05) is 18.2 Å². The third kappa shape index (κ3) is 4.24. The largest absolute Gasteiger partial charge is 0.379 e. The Balaban J connectivity index is 1.29. The van der Waals surface area contributed by atoms with Crippen molar-refractivity contribution in [1.82, 2.24) is 9.88 Å². The van der Waals surface area contributed by atoms with Gasteiger partial charge in [-0.2, -0.15) is 8.42 Å². The number of morpholine rings is 1. The number of pyridine rings is 1. The van der Waals surface area contributed by atoms with Crippen LogP contribution < -0.4 is 9.62 Å². The van der Waals surface area contributed by atoms with Crippen molar-refractivity contribution in [2.45, 2.75) is 22.7 Å². The van der Waals surface area contributed by atoms with E-state index in [-0.39, 0.29) is 11.1 Å². The number of sulfonamides is 1. The zero-order valence-corrected chi connectivity index (χ0v) is 19.6. The topological polar surface area (TPSA) is 87.1 Å². The molecule has 1 N–H and O–H groups in total. The van der Waals surface area contributed by atoms with Crippen LogP contribution in [0.3, 0.4) is 0 Å². The minimum atomic E-state index is -3.74. The molecule has 8 nitrogen and oxygen atoms in total. The molecule has 2 aromatic rings. The van der Waals surface area contributed by atoms with Crippen molar-refractivity contribution in [3.05, 3.63) is 48.2 Å². The maximum absolute atomic E-state index is 13.1. The predicted octanol–water partition coefficient (Wildman–Crippen LogP) is 2.09. The van der Waals surface area contributed by atoms with Crippen molar-refractivity contribution in [1.29, 1.82) is 0 Å². The molecule has 1 aromatic heterocycles. The Morgan fingerprint density at radius 3 is 2.84 bits per heavy atom. The van der Waals surface area contributed by atoms with Crippen LogP contribution >= 0.6 is 11.8 Å². The van der Waals surface area contributed by atoms with E-state index in [1.807, 2.05) is 23.9 Å². The van der Waals surface area contributed by atoms with E-state index in [0.29, 0.717) is 10.9 Å². The minimum Gasteiger partial charge on any atom is -0.379 e. The van der Waals surface area contributed by atoms with Gasteiger partial charge in [0.15, 0.2) is 5.03 Å². The van der Waals surface area contributed by atoms with Crippen molar-refractivity contribution < 1.29 is 13.2 Å². The molecule has 0 spiro atoms. The molecule has 1 fully saturated rings. The molecule has 0 saturated carbocycles. The summed E-state index contributed by atoms with van der Waals surface area (Å²) in [7, 11) is -2.17. The van der Waals surface area contributed by atoms with E-state index in [9.17, 15) is 8.42 Å². The van der Waals surface area contributed by atoms with Gasteiger partial charge >= 0.3 is 0 Å². The first-order chi connectivity index (χ1) is 15.5. The fraction of sp³-hybridized carbons (Fsp3) is 0.455. The number of aliphatic imine (C=N–C) groups is 1. The van der Waals surface area contributed by atoms with Crippen LogP contribution in [-0.4, -0.2) is 81.1 Å². The smallest absolute Gasteiger partial charge is 0.281 e. The van der Waals surface area contributed by atoms with Gasteiger partial charge < -0.3 is 10.1 Å². The summed E-state index contributed by atoms with van der Waals surface area (Å²) < 4.78 is 33.0. The maximum atomic E-state index is 13.1. The Hall–Kier alpha value is -2.14. The van der Waals surface area contributed by atoms with E-state index in [4.69, 9.17) is 9.73 Å². The molecule has 5 rings (SSSR count). The van der Waals surface area contributed by atoms with E-state index >= 15 is 0 Å². The number of para-hydroxylation sites is 1. The van der Waals surface area contributed by atoms with Crippen LogP contribution in [0.1, 0.15) is 5.56 Å². The molecule has 0 amide bonds. The lowest BCUT2D eigenvalue weighted by Crippen LogP contribution is -2.40. The van der Waals surface area contributed by atoms with Gasteiger partial charge in [0.1, 0.15) is 0 Å². The van der Waals surface area contributed by atoms with Crippen LogP contribution in [0.4, 0.5) is 11.4 Å². The Labute approximate surface area is 193 Å². The first-order valence-corrected chi connectivity index (χ1v) is 13.1. The molecule has 3 aliphatic rings. The Morgan fingerprint density at radius 1 is 1.22 bits per heavy atom. The van der Waals surface area contributed by atoms with Crippen molar-refractivity contribution >= 4 is 38.2 Å². The van der Waals surface area contributed by atoms with Crippen LogP contribution in [0.25, 0.3) is 0 Å². The number of ether oxygens (including phenoxy) is 1. The van der Waals surface area contributed by atoms with Crippen molar-refractivity contribution in [2.24, 2.45) is 4.99 Å². The first kappa shape index (κ1) is 21.7. The van der Waals surface area contributed by atoms with Crippen LogP contribution in [-0.2, 0) is 21.2 Å². The molecule has 1 aromatic carbocycles. The zero-order valence-electron chi connectivity index (χ0n) is 18.0. The van der Waals surface area contributed by atoms with Crippen LogP contribution in [0.2, 0.25) is 0 Å². The lowest BCUT2D eigenvalue weighted by atomic mass is 10.1. The average molecular weight is 474 g/mol. The summed E-state index contributed by atoms with van der Waals surface area (Å²) in [6, 6.07) is 10.8. The maximum Gasteiger partial charge on any atom is 0.281 e. The number of hydrogen-bond acceptors (Lipinski definition) is 8. The van der Waals surface area contributed by atoms with E-state index in [1.165, 1.54) is 16.6 Å². The van der Waals surface area contributed by atoms with Gasteiger partial charge in [-0.15, -0.1) is 11.8 Å². The quantitative estimate of drug-likeness (QED) is 0.687. The van der Waals surface area contributed by atoms with Crippen molar-refractivity contribution in [2.75, 3.05) is 56.1 Å². The highest BCUT2D eigenvalue weighted by atomic mass is 32.2. The molecule has 1 saturated heterocycles. The number of fused-ring (bicyclic) bond motifs is 1. The lowest BCUT2D eigenvalue weighted by molar-refractivity contribution is 0.0385. The number of aromatic nitrogens is 1. The molecular weight excluding hydrogens is 446 g/mol. The SMILES string of the molecule is CN(c1cccc2c1NC(C1=NCC(CN3CCOCC3)S1)C2)S(=O)(=O)c1ccccn1. The molecule has 4 heterocycles. The number of nitrogens with zero attached hydrogens (tertiary/aromatic N) is 4. The zero-order chi connectivity index (χ0) is 22.1. The monoisotopic (exact) mass is 473 g/mol. The second-order valence-electron chi connectivity index (χ2n) is 8.18. The van der Waals surface area contributed by atoms with Crippen LogP contribution in [0.5, 0.6) is 0 Å². The van der Waals surface area contributed by atoms with Crippen molar-refractivity contribution in [3.63, 3.8) is 0 Å². The molecule has 170 valence electrons. The van der Waals surface area contributed by atoms with Gasteiger partial charge in [-0.25, -0.2) is 4.98 Å². The molecule has 3 aliphatic heterocycles. The summed E-state index contributed by atoms with van der Waals surface area (Å²) in [6.45, 7) is 5.44. The van der Waals surface area contributed by atoms with E-state index in [1.54, 1.807) is 19.2 Å². The highest BCUT2D eigenvalue weighted by Crippen LogP contribution is 2.39. The standard InChI is InChI=1S/C22H27N5O3S2/c1-26(32(28,29)20-7-2-3-8-23-20)19-6-4-5-16-13-18(25-21(16)19)22-24-14-17(31-22)15-27-9-11-30-12-10-27/h2-8,17-18,25H,9-15H2,1H3. The van der Waals surface area contributed by atoms with E-state index in [2.05, 4.69) is 21.3 Å². The molecule has 0 radical (unpaired) electrons. The highest BCUT2D eigenvalue weighted by Gasteiger charge is 2.34. The molecule has 0 aliphatic carbocycles. The molecule has 10 heteroatoms. The van der Waals surface area contributed by atoms with Gasteiger partial charge in [0, 0.05) is 44.5 Å². The Kier molecular flexibility index (Phi) is 6.11. The minimum absolute atomic E-state index is 0.0383. The summed E-state index contributed by atoms with van der Waals surface area (Å²) in [4.78, 5) is 11.3. The molecule has 32 heavy (non-hydrogen) atoms. The summed E-state index contributed by atoms with van der Waals surface area (Å²) in [5.74, 6) is 0. The van der Waals surface area contributed by atoms with Gasteiger partial charge in [0.05, 0.1) is 42.2 Å². The Bertz CT molecular complexity index is 1100. The van der Waals surface area contributed by atoms with Gasteiger partial charge in [-0.3, -0.25) is 14.2 Å². The highest BCUT2D eigenvalue weighted by molar-refractivity contribution is 8.15. The summed E-state index contributed by atoms with van der Waals surface area (Å²) in [5.41, 5.74) is 2.60. The second-order valence-corrected chi connectivity index (χ2v) is 11.4. The number of rotatable bonds is 6. The summed E-state index contributed by atoms with van der Waals surface area (Å²) in [6.07, 6.45) is 2.30. The number of anilines is 2.